The van der Waals surface area contributed by atoms with Gasteiger partial charge in [-0.25, -0.2) is 0 Å². The fourth-order valence-corrected chi connectivity index (χ4v) is 3.08. The van der Waals surface area contributed by atoms with Crippen molar-refractivity contribution in [3.63, 3.8) is 0 Å². The molecule has 1 unspecified atom stereocenters. The number of benzene rings is 1. The Morgan fingerprint density at radius 1 is 1.37 bits per heavy atom. The molecule has 0 radical (unpaired) electrons. The Bertz CT molecular complexity index is 467. The number of carbonyl (C=O) groups excluding carboxylic acids is 1. The highest BCUT2D eigenvalue weighted by atomic mass is 35.5. The van der Waals surface area contributed by atoms with Crippen LogP contribution in [0.25, 0.3) is 0 Å². The molecule has 1 fully saturated rings. The Morgan fingerprint density at radius 3 is 2.53 bits per heavy atom. The highest BCUT2D eigenvalue weighted by Gasteiger charge is 2.23. The Labute approximate surface area is 123 Å². The monoisotopic (exact) mass is 301 g/mol. The molecule has 1 aliphatic heterocycles. The first-order chi connectivity index (χ1) is 9.02. The number of amides is 1. The van der Waals surface area contributed by atoms with Crippen LogP contribution in [0.5, 0.6) is 5.75 Å². The maximum Gasteiger partial charge on any atom is 0.253 e. The van der Waals surface area contributed by atoms with Gasteiger partial charge in [-0.2, -0.15) is 0 Å². The highest BCUT2D eigenvalue weighted by Crippen LogP contribution is 2.34. The fourth-order valence-electron chi connectivity index (χ4n) is 2.43. The molecule has 0 spiro atoms. The van der Waals surface area contributed by atoms with Crippen molar-refractivity contribution in [2.24, 2.45) is 5.92 Å². The number of piperidine rings is 1. The number of hydrogen-bond acceptors (Lipinski definition) is 2. The lowest BCUT2D eigenvalue weighted by Gasteiger charge is -2.31. The van der Waals surface area contributed by atoms with Crippen LogP contribution >= 0.6 is 23.2 Å². The van der Waals surface area contributed by atoms with E-state index in [1.807, 2.05) is 4.90 Å². The Morgan fingerprint density at radius 2 is 2.00 bits per heavy atom. The van der Waals surface area contributed by atoms with Crippen LogP contribution in [-0.2, 0) is 0 Å². The maximum absolute atomic E-state index is 12.4. The third-order valence-electron chi connectivity index (χ3n) is 3.39. The molecule has 2 rings (SSSR count). The van der Waals surface area contributed by atoms with E-state index in [2.05, 4.69) is 6.92 Å². The van der Waals surface area contributed by atoms with Gasteiger partial charge >= 0.3 is 0 Å². The Hall–Kier alpha value is -0.930. The molecule has 1 atom stereocenters. The average molecular weight is 302 g/mol. The van der Waals surface area contributed by atoms with E-state index in [0.29, 0.717) is 27.3 Å². The van der Waals surface area contributed by atoms with Crippen molar-refractivity contribution in [2.75, 3.05) is 20.2 Å². The fraction of sp³-hybridized carbons (Fsp3) is 0.500. The van der Waals surface area contributed by atoms with Crippen molar-refractivity contribution in [3.05, 3.63) is 27.7 Å². The lowest BCUT2D eigenvalue weighted by atomic mass is 9.99. The van der Waals surface area contributed by atoms with Gasteiger partial charge in [-0.1, -0.05) is 30.1 Å². The number of halogens is 2. The molecule has 1 aliphatic rings. The van der Waals surface area contributed by atoms with Crippen LogP contribution in [-0.4, -0.2) is 31.0 Å². The van der Waals surface area contributed by atoms with E-state index in [0.717, 1.165) is 19.5 Å². The number of rotatable bonds is 2. The largest absolute Gasteiger partial charge is 0.494 e. The molecule has 1 heterocycles. The van der Waals surface area contributed by atoms with Gasteiger partial charge in [0.1, 0.15) is 0 Å². The van der Waals surface area contributed by atoms with Crippen LogP contribution in [0.15, 0.2) is 12.1 Å². The van der Waals surface area contributed by atoms with Crippen molar-refractivity contribution < 1.29 is 9.53 Å². The van der Waals surface area contributed by atoms with Crippen molar-refractivity contribution in [2.45, 2.75) is 19.8 Å². The molecule has 0 saturated carbocycles. The predicted octanol–water partition coefficient (Wildman–Crippen LogP) is 3.87. The quantitative estimate of drug-likeness (QED) is 0.830. The van der Waals surface area contributed by atoms with Crippen LogP contribution in [0, 0.1) is 5.92 Å². The second-order valence-electron chi connectivity index (χ2n) is 4.97. The van der Waals surface area contributed by atoms with Gasteiger partial charge in [0.2, 0.25) is 0 Å². The van der Waals surface area contributed by atoms with E-state index in [-0.39, 0.29) is 5.91 Å². The van der Waals surface area contributed by atoms with E-state index in [4.69, 9.17) is 27.9 Å². The number of hydrogen-bond donors (Lipinski definition) is 0. The summed E-state index contributed by atoms with van der Waals surface area (Å²) in [6, 6.07) is 3.24. The normalized spacial score (nSPS) is 19.4. The molecule has 1 aromatic carbocycles. The summed E-state index contributed by atoms with van der Waals surface area (Å²) in [6.07, 6.45) is 2.22. The van der Waals surface area contributed by atoms with E-state index in [9.17, 15) is 4.79 Å². The summed E-state index contributed by atoms with van der Waals surface area (Å²) < 4.78 is 5.08. The van der Waals surface area contributed by atoms with E-state index in [1.165, 1.54) is 13.5 Å². The van der Waals surface area contributed by atoms with Gasteiger partial charge in [0.15, 0.2) is 5.75 Å². The number of ether oxygens (including phenoxy) is 1. The minimum absolute atomic E-state index is 0.0157. The summed E-state index contributed by atoms with van der Waals surface area (Å²) in [5.74, 6) is 0.937. The highest BCUT2D eigenvalue weighted by molar-refractivity contribution is 6.37. The van der Waals surface area contributed by atoms with Gasteiger partial charge in [0, 0.05) is 18.7 Å². The van der Waals surface area contributed by atoms with Crippen LogP contribution in [0.3, 0.4) is 0 Å². The molecule has 3 nitrogen and oxygen atoms in total. The Balaban J connectivity index is 2.24. The van der Waals surface area contributed by atoms with E-state index in [1.54, 1.807) is 12.1 Å². The van der Waals surface area contributed by atoms with Gasteiger partial charge in [-0.15, -0.1) is 0 Å². The van der Waals surface area contributed by atoms with Crippen molar-refractivity contribution in [1.29, 1.82) is 0 Å². The zero-order valence-electron chi connectivity index (χ0n) is 11.1. The minimum atomic E-state index is -0.0157. The summed E-state index contributed by atoms with van der Waals surface area (Å²) in [5, 5.41) is 0.729. The molecule has 104 valence electrons. The molecule has 19 heavy (non-hydrogen) atoms. The van der Waals surface area contributed by atoms with Gasteiger partial charge in [0.25, 0.3) is 5.91 Å². The number of methoxy groups -OCH3 is 1. The summed E-state index contributed by atoms with van der Waals surface area (Å²) >= 11 is 12.1. The summed E-state index contributed by atoms with van der Waals surface area (Å²) in [4.78, 5) is 14.3. The van der Waals surface area contributed by atoms with Crippen molar-refractivity contribution in [3.8, 4) is 5.75 Å². The molecule has 0 aromatic heterocycles. The molecule has 1 saturated heterocycles. The lowest BCUT2D eigenvalue weighted by molar-refractivity contribution is 0.0683. The predicted molar refractivity (Wildman–Crippen MR) is 77.3 cm³/mol. The van der Waals surface area contributed by atoms with Gasteiger partial charge < -0.3 is 9.64 Å². The first-order valence-electron chi connectivity index (χ1n) is 6.35. The minimum Gasteiger partial charge on any atom is -0.494 e. The summed E-state index contributed by atoms with van der Waals surface area (Å²) in [6.45, 7) is 3.75. The summed E-state index contributed by atoms with van der Waals surface area (Å²) in [7, 11) is 1.50. The summed E-state index contributed by atoms with van der Waals surface area (Å²) in [5.41, 5.74) is 0.518. The second kappa shape index (κ2) is 6.02. The first-order valence-corrected chi connectivity index (χ1v) is 7.10. The topological polar surface area (TPSA) is 29.5 Å². The van der Waals surface area contributed by atoms with E-state index < -0.39 is 0 Å². The van der Waals surface area contributed by atoms with Crippen LogP contribution in [0.2, 0.25) is 10.0 Å². The molecular weight excluding hydrogens is 285 g/mol. The average Bonchev–Trinajstić information content (AvgIpc) is 2.37. The maximum atomic E-state index is 12.4. The van der Waals surface area contributed by atoms with Crippen molar-refractivity contribution >= 4 is 29.1 Å². The number of nitrogens with zero attached hydrogens (tertiary/aromatic N) is 1. The molecular formula is C14H17Cl2NO2. The third-order valence-corrected chi connectivity index (χ3v) is 3.96. The number of likely N-dealkylation sites (tertiary alicyclic amines) is 1. The van der Waals surface area contributed by atoms with Crippen LogP contribution in [0.4, 0.5) is 0 Å². The van der Waals surface area contributed by atoms with Crippen LogP contribution < -0.4 is 4.74 Å². The van der Waals surface area contributed by atoms with Crippen molar-refractivity contribution in [1.82, 2.24) is 4.90 Å². The van der Waals surface area contributed by atoms with E-state index >= 15 is 0 Å². The Kier molecular flexibility index (Phi) is 4.58. The molecule has 0 N–H and O–H groups in total. The van der Waals surface area contributed by atoms with Crippen LogP contribution in [0.1, 0.15) is 30.1 Å². The number of carbonyl (C=O) groups is 1. The second-order valence-corrected chi connectivity index (χ2v) is 5.79. The zero-order chi connectivity index (χ0) is 14.0. The van der Waals surface area contributed by atoms with Gasteiger partial charge in [-0.3, -0.25) is 4.79 Å². The molecule has 1 amide bonds. The van der Waals surface area contributed by atoms with Gasteiger partial charge in [0.05, 0.1) is 17.2 Å². The third kappa shape index (κ3) is 3.15. The first kappa shape index (κ1) is 14.5. The molecule has 5 heteroatoms. The SMILES string of the molecule is COc1c(Cl)cc(C(=O)N2CCCC(C)C2)cc1Cl. The standard InChI is InChI=1S/C14H17Cl2NO2/c1-9-4-3-5-17(8-9)14(18)10-6-11(15)13(19-2)12(16)7-10/h6-7,9H,3-5,8H2,1-2H3. The molecule has 1 aromatic rings. The van der Waals surface area contributed by atoms with Gasteiger partial charge in [-0.05, 0) is 30.9 Å². The zero-order valence-corrected chi connectivity index (χ0v) is 12.6. The molecule has 0 aliphatic carbocycles. The smallest absolute Gasteiger partial charge is 0.253 e. The lowest BCUT2D eigenvalue weighted by Crippen LogP contribution is -2.39. The molecule has 0 bridgehead atoms.